The number of aliphatic hydroxyl groups is 1. The molecule has 0 radical (unpaired) electrons. The predicted molar refractivity (Wildman–Crippen MR) is 77.0 cm³/mol. The summed E-state index contributed by atoms with van der Waals surface area (Å²) >= 11 is 0. The summed E-state index contributed by atoms with van der Waals surface area (Å²) in [4.78, 5) is 12.4. The quantitative estimate of drug-likeness (QED) is 0.748. The highest BCUT2D eigenvalue weighted by Gasteiger charge is 2.32. The number of hydrogen-bond donors (Lipinski definition) is 3. The van der Waals surface area contributed by atoms with Gasteiger partial charge in [0.2, 0.25) is 11.9 Å². The van der Waals surface area contributed by atoms with Crippen molar-refractivity contribution in [2.45, 2.75) is 38.2 Å². The number of nitrogens with one attached hydrogen (secondary N) is 2. The van der Waals surface area contributed by atoms with Gasteiger partial charge in [-0.3, -0.25) is 0 Å². The first-order valence-corrected chi connectivity index (χ1v) is 6.99. The van der Waals surface area contributed by atoms with E-state index >= 15 is 0 Å². The van der Waals surface area contributed by atoms with Crippen LogP contribution in [0, 0.1) is 5.92 Å². The molecule has 1 fully saturated rings. The molecule has 1 heterocycles. The first kappa shape index (κ1) is 14.8. The molecule has 20 heavy (non-hydrogen) atoms. The Morgan fingerprint density at radius 3 is 2.75 bits per heavy atom. The van der Waals surface area contributed by atoms with Gasteiger partial charge in [0.25, 0.3) is 0 Å². The van der Waals surface area contributed by atoms with Crippen molar-refractivity contribution in [3.05, 3.63) is 0 Å². The van der Waals surface area contributed by atoms with Gasteiger partial charge in [0.1, 0.15) is 0 Å². The van der Waals surface area contributed by atoms with Crippen molar-refractivity contribution in [3.63, 3.8) is 0 Å². The molecule has 0 spiro atoms. The molecular formula is C13H23N5O2. The average Bonchev–Trinajstić information content (AvgIpc) is 2.44. The van der Waals surface area contributed by atoms with Gasteiger partial charge < -0.3 is 20.5 Å². The third-order valence-electron chi connectivity index (χ3n) is 3.66. The van der Waals surface area contributed by atoms with Crippen molar-refractivity contribution >= 4 is 11.9 Å². The van der Waals surface area contributed by atoms with Gasteiger partial charge in [-0.25, -0.2) is 0 Å². The molecule has 1 saturated carbocycles. The minimum atomic E-state index is -0.683. The zero-order chi connectivity index (χ0) is 14.6. The highest BCUT2D eigenvalue weighted by atomic mass is 16.5. The monoisotopic (exact) mass is 281 g/mol. The molecule has 0 amide bonds. The fourth-order valence-corrected chi connectivity index (χ4v) is 2.68. The van der Waals surface area contributed by atoms with Gasteiger partial charge >= 0.3 is 6.01 Å². The summed E-state index contributed by atoms with van der Waals surface area (Å²) in [5.41, 5.74) is -0.683. The maximum atomic E-state index is 10.6. The van der Waals surface area contributed by atoms with E-state index in [4.69, 9.17) is 4.74 Å². The van der Waals surface area contributed by atoms with E-state index in [1.165, 1.54) is 13.5 Å². The lowest BCUT2D eigenvalue weighted by molar-refractivity contribution is -0.000910. The minimum absolute atomic E-state index is 0.246. The number of nitrogens with zero attached hydrogens (tertiary/aromatic N) is 3. The predicted octanol–water partition coefficient (Wildman–Crippen LogP) is 1.27. The number of anilines is 2. The van der Waals surface area contributed by atoms with Gasteiger partial charge in [-0.1, -0.05) is 19.8 Å². The Bertz CT molecular complexity index is 434. The minimum Gasteiger partial charge on any atom is -0.467 e. The summed E-state index contributed by atoms with van der Waals surface area (Å²) < 4.78 is 5.03. The number of hydrogen-bond acceptors (Lipinski definition) is 7. The molecule has 112 valence electrons. The summed E-state index contributed by atoms with van der Waals surface area (Å²) in [6, 6.07) is 0.246. The molecule has 1 aromatic heterocycles. The molecule has 2 rings (SSSR count). The van der Waals surface area contributed by atoms with Crippen LogP contribution in [-0.2, 0) is 0 Å². The molecular weight excluding hydrogens is 258 g/mol. The van der Waals surface area contributed by atoms with Crippen LogP contribution >= 0.6 is 0 Å². The lowest BCUT2D eigenvalue weighted by Crippen LogP contribution is -2.41. The van der Waals surface area contributed by atoms with Crippen molar-refractivity contribution in [1.29, 1.82) is 0 Å². The topological polar surface area (TPSA) is 92.2 Å². The summed E-state index contributed by atoms with van der Waals surface area (Å²) in [5.74, 6) is 1.40. The first-order valence-electron chi connectivity index (χ1n) is 6.99. The maximum absolute atomic E-state index is 10.6. The second kappa shape index (κ2) is 6.21. The van der Waals surface area contributed by atoms with Crippen LogP contribution in [0.5, 0.6) is 6.01 Å². The zero-order valence-electron chi connectivity index (χ0n) is 12.3. The lowest BCUT2D eigenvalue weighted by Gasteiger charge is -2.35. The molecule has 1 aliphatic rings. The van der Waals surface area contributed by atoms with E-state index in [1.54, 1.807) is 7.05 Å². The van der Waals surface area contributed by atoms with Gasteiger partial charge in [-0.15, -0.1) is 0 Å². The molecule has 0 saturated heterocycles. The fraction of sp³-hybridized carbons (Fsp3) is 0.769. The van der Waals surface area contributed by atoms with Crippen molar-refractivity contribution in [3.8, 4) is 6.01 Å². The van der Waals surface area contributed by atoms with Gasteiger partial charge in [-0.2, -0.15) is 15.0 Å². The molecule has 0 bridgehead atoms. The van der Waals surface area contributed by atoms with E-state index in [9.17, 15) is 5.11 Å². The highest BCUT2D eigenvalue weighted by molar-refractivity contribution is 5.35. The summed E-state index contributed by atoms with van der Waals surface area (Å²) in [5, 5.41) is 16.5. The van der Waals surface area contributed by atoms with E-state index < -0.39 is 5.60 Å². The first-order chi connectivity index (χ1) is 9.54. The number of rotatable bonds is 5. The number of methoxy groups -OCH3 is 1. The van der Waals surface area contributed by atoms with Crippen LogP contribution in [0.1, 0.15) is 32.6 Å². The van der Waals surface area contributed by atoms with Crippen LogP contribution in [-0.4, -0.2) is 46.4 Å². The molecule has 3 N–H and O–H groups in total. The van der Waals surface area contributed by atoms with Gasteiger partial charge in [0, 0.05) is 13.6 Å². The molecule has 1 aromatic rings. The van der Waals surface area contributed by atoms with E-state index in [0.29, 0.717) is 24.4 Å². The molecule has 0 aliphatic heterocycles. The molecule has 7 heteroatoms. The van der Waals surface area contributed by atoms with E-state index in [-0.39, 0.29) is 6.01 Å². The van der Waals surface area contributed by atoms with Crippen molar-refractivity contribution in [2.24, 2.45) is 5.92 Å². The van der Waals surface area contributed by atoms with Gasteiger partial charge in [0.05, 0.1) is 12.7 Å². The smallest absolute Gasteiger partial charge is 0.322 e. The van der Waals surface area contributed by atoms with Crippen LogP contribution in [0.25, 0.3) is 0 Å². The van der Waals surface area contributed by atoms with Gasteiger partial charge in [-0.05, 0) is 18.8 Å². The fourth-order valence-electron chi connectivity index (χ4n) is 2.68. The number of aromatic nitrogens is 3. The van der Waals surface area contributed by atoms with Crippen molar-refractivity contribution in [1.82, 2.24) is 15.0 Å². The highest BCUT2D eigenvalue weighted by Crippen LogP contribution is 2.32. The van der Waals surface area contributed by atoms with E-state index in [1.807, 2.05) is 0 Å². The Morgan fingerprint density at radius 2 is 2.10 bits per heavy atom. The zero-order valence-corrected chi connectivity index (χ0v) is 12.3. The van der Waals surface area contributed by atoms with Crippen LogP contribution in [0.3, 0.4) is 0 Å². The average molecular weight is 281 g/mol. The van der Waals surface area contributed by atoms with Crippen LogP contribution in [0.4, 0.5) is 11.9 Å². The van der Waals surface area contributed by atoms with E-state index in [0.717, 1.165) is 19.3 Å². The Labute approximate surface area is 119 Å². The van der Waals surface area contributed by atoms with Gasteiger partial charge in [0.15, 0.2) is 0 Å². The molecule has 0 aromatic carbocycles. The molecule has 7 nitrogen and oxygen atoms in total. The Hall–Kier alpha value is -1.63. The standard InChI is InChI=1S/C13H23N5O2/c1-9-5-4-6-13(19,7-9)8-15-11-16-10(14-2)17-12(18-11)20-3/h9,19H,4-8H2,1-3H3,(H2,14,15,16,17,18). The molecule has 2 unspecified atom stereocenters. The molecule has 2 atom stereocenters. The number of ether oxygens (including phenoxy) is 1. The Balaban J connectivity index is 2.02. The summed E-state index contributed by atoms with van der Waals surface area (Å²) in [6.07, 6.45) is 3.86. The van der Waals surface area contributed by atoms with E-state index in [2.05, 4.69) is 32.5 Å². The maximum Gasteiger partial charge on any atom is 0.322 e. The summed E-state index contributed by atoms with van der Waals surface area (Å²) in [6.45, 7) is 2.61. The van der Waals surface area contributed by atoms with Crippen LogP contribution in [0.15, 0.2) is 0 Å². The third-order valence-corrected chi connectivity index (χ3v) is 3.66. The van der Waals surface area contributed by atoms with Crippen LogP contribution in [0.2, 0.25) is 0 Å². The molecule has 1 aliphatic carbocycles. The van der Waals surface area contributed by atoms with Crippen LogP contribution < -0.4 is 15.4 Å². The Kier molecular flexibility index (Phi) is 4.59. The third kappa shape index (κ3) is 3.69. The van der Waals surface area contributed by atoms with Crippen molar-refractivity contribution in [2.75, 3.05) is 31.3 Å². The summed E-state index contributed by atoms with van der Waals surface area (Å²) in [7, 11) is 3.24. The lowest BCUT2D eigenvalue weighted by atomic mass is 9.79. The second-order valence-corrected chi connectivity index (χ2v) is 5.50. The second-order valence-electron chi connectivity index (χ2n) is 5.50. The normalized spacial score (nSPS) is 26.1. The van der Waals surface area contributed by atoms with Crippen molar-refractivity contribution < 1.29 is 9.84 Å². The largest absolute Gasteiger partial charge is 0.467 e. The Morgan fingerprint density at radius 1 is 1.35 bits per heavy atom. The SMILES string of the molecule is CNc1nc(NCC2(O)CCCC(C)C2)nc(OC)n1.